The summed E-state index contributed by atoms with van der Waals surface area (Å²) in [5.74, 6) is -0.390. The first kappa shape index (κ1) is 17.7. The minimum Gasteiger partial charge on any atom is -0.322 e. The Morgan fingerprint density at radius 3 is 2.35 bits per heavy atom. The third-order valence-electron chi connectivity index (χ3n) is 4.18. The average molecular weight is 346 g/mol. The van der Waals surface area contributed by atoms with E-state index in [1.807, 2.05) is 63.2 Å². The number of nitrogens with one attached hydrogen (secondary N) is 1. The maximum Gasteiger partial charge on any atom is 0.263 e. The number of pyridine rings is 1. The summed E-state index contributed by atoms with van der Waals surface area (Å²) in [6, 6.07) is 17.1. The van der Waals surface area contributed by atoms with Gasteiger partial charge in [-0.15, -0.1) is 0 Å². The molecule has 1 aromatic heterocycles. The van der Waals surface area contributed by atoms with Crippen molar-refractivity contribution in [2.45, 2.75) is 27.3 Å². The number of hydrogen-bond acceptors (Lipinski definition) is 2. The zero-order valence-corrected chi connectivity index (χ0v) is 15.2. The summed E-state index contributed by atoms with van der Waals surface area (Å²) in [5.41, 5.74) is 4.82. The van der Waals surface area contributed by atoms with E-state index in [2.05, 4.69) is 5.32 Å². The molecule has 4 nitrogen and oxygen atoms in total. The van der Waals surface area contributed by atoms with Gasteiger partial charge in [0, 0.05) is 11.9 Å². The minimum absolute atomic E-state index is 0.138. The van der Waals surface area contributed by atoms with Crippen LogP contribution in [-0.4, -0.2) is 10.5 Å². The number of carbonyl (C=O) groups excluding carboxylic acids is 1. The predicted molar refractivity (Wildman–Crippen MR) is 105 cm³/mol. The van der Waals surface area contributed by atoms with Crippen LogP contribution in [0.4, 0.5) is 5.69 Å². The number of benzene rings is 2. The molecule has 0 unspecified atom stereocenters. The Balaban J connectivity index is 1.86. The SMILES string of the molecule is Cc1cccc(Cn2cccc(C(=O)Nc3cc(C)cc(C)c3)c2=O)c1. The molecule has 0 saturated carbocycles. The molecule has 1 N–H and O–H groups in total. The second-order valence-corrected chi connectivity index (χ2v) is 6.67. The van der Waals surface area contributed by atoms with E-state index in [0.717, 1.165) is 22.3 Å². The van der Waals surface area contributed by atoms with Crippen LogP contribution in [0, 0.1) is 20.8 Å². The molecule has 0 spiro atoms. The van der Waals surface area contributed by atoms with Gasteiger partial charge in [0.1, 0.15) is 5.56 Å². The largest absolute Gasteiger partial charge is 0.322 e. The van der Waals surface area contributed by atoms with E-state index >= 15 is 0 Å². The van der Waals surface area contributed by atoms with Gasteiger partial charge >= 0.3 is 0 Å². The number of aryl methyl sites for hydroxylation is 3. The van der Waals surface area contributed by atoms with Crippen LogP contribution in [0.5, 0.6) is 0 Å². The topological polar surface area (TPSA) is 51.1 Å². The maximum atomic E-state index is 12.7. The fourth-order valence-corrected chi connectivity index (χ4v) is 3.09. The van der Waals surface area contributed by atoms with Crippen molar-refractivity contribution in [1.82, 2.24) is 4.57 Å². The Bertz CT molecular complexity index is 998. The van der Waals surface area contributed by atoms with Gasteiger partial charge in [-0.1, -0.05) is 35.9 Å². The van der Waals surface area contributed by atoms with Crippen LogP contribution in [0.25, 0.3) is 0 Å². The molecule has 2 aromatic carbocycles. The summed E-state index contributed by atoms with van der Waals surface area (Å²) in [6.07, 6.45) is 1.71. The Morgan fingerprint density at radius 2 is 1.65 bits per heavy atom. The summed E-state index contributed by atoms with van der Waals surface area (Å²) in [5, 5.41) is 2.83. The zero-order chi connectivity index (χ0) is 18.7. The van der Waals surface area contributed by atoms with Crippen molar-refractivity contribution in [2.24, 2.45) is 0 Å². The molecule has 1 heterocycles. The number of hydrogen-bond donors (Lipinski definition) is 1. The summed E-state index contributed by atoms with van der Waals surface area (Å²) >= 11 is 0. The van der Waals surface area contributed by atoms with Gasteiger partial charge in [0.25, 0.3) is 11.5 Å². The monoisotopic (exact) mass is 346 g/mol. The third-order valence-corrected chi connectivity index (χ3v) is 4.18. The van der Waals surface area contributed by atoms with Crippen LogP contribution < -0.4 is 10.9 Å². The number of rotatable bonds is 4. The van der Waals surface area contributed by atoms with Crippen molar-refractivity contribution in [2.75, 3.05) is 5.32 Å². The first-order valence-electron chi connectivity index (χ1n) is 8.57. The molecular weight excluding hydrogens is 324 g/mol. The predicted octanol–water partition coefficient (Wildman–Crippen LogP) is 4.07. The van der Waals surface area contributed by atoms with Gasteiger partial charge in [-0.25, -0.2) is 0 Å². The number of carbonyl (C=O) groups is 1. The smallest absolute Gasteiger partial charge is 0.263 e. The van der Waals surface area contributed by atoms with E-state index < -0.39 is 5.91 Å². The van der Waals surface area contributed by atoms with E-state index in [1.54, 1.807) is 22.9 Å². The highest BCUT2D eigenvalue weighted by atomic mass is 16.2. The van der Waals surface area contributed by atoms with Crippen molar-refractivity contribution in [3.63, 3.8) is 0 Å². The van der Waals surface area contributed by atoms with Gasteiger partial charge in [-0.05, 0) is 61.7 Å². The summed E-state index contributed by atoms with van der Waals surface area (Å²) in [7, 11) is 0. The molecule has 0 bridgehead atoms. The van der Waals surface area contributed by atoms with Gasteiger partial charge in [-0.2, -0.15) is 0 Å². The van der Waals surface area contributed by atoms with Gasteiger partial charge in [0.15, 0.2) is 0 Å². The van der Waals surface area contributed by atoms with Crippen LogP contribution in [-0.2, 0) is 6.54 Å². The molecule has 0 atom stereocenters. The summed E-state index contributed by atoms with van der Waals surface area (Å²) < 4.78 is 1.56. The number of anilines is 1. The third kappa shape index (κ3) is 4.09. The molecule has 0 aliphatic rings. The fourth-order valence-electron chi connectivity index (χ4n) is 3.09. The van der Waals surface area contributed by atoms with Gasteiger partial charge in [0.05, 0.1) is 6.54 Å². The number of aromatic nitrogens is 1. The molecule has 0 aliphatic carbocycles. The first-order chi connectivity index (χ1) is 12.4. The van der Waals surface area contributed by atoms with E-state index in [9.17, 15) is 9.59 Å². The quantitative estimate of drug-likeness (QED) is 0.774. The molecule has 1 amide bonds. The molecule has 132 valence electrons. The average Bonchev–Trinajstić information content (AvgIpc) is 2.56. The molecule has 3 rings (SSSR count). The molecule has 0 fully saturated rings. The van der Waals surface area contributed by atoms with Crippen molar-refractivity contribution in [1.29, 1.82) is 0 Å². The Labute approximate surface area is 153 Å². The Morgan fingerprint density at radius 1 is 0.923 bits per heavy atom. The highest BCUT2D eigenvalue weighted by Crippen LogP contribution is 2.14. The van der Waals surface area contributed by atoms with Gasteiger partial charge < -0.3 is 9.88 Å². The lowest BCUT2D eigenvalue weighted by molar-refractivity contribution is 0.102. The van der Waals surface area contributed by atoms with Gasteiger partial charge in [0.2, 0.25) is 0 Å². The number of amides is 1. The lowest BCUT2D eigenvalue weighted by Gasteiger charge is -2.10. The van der Waals surface area contributed by atoms with Gasteiger partial charge in [-0.3, -0.25) is 9.59 Å². The van der Waals surface area contributed by atoms with E-state index in [-0.39, 0.29) is 11.1 Å². The number of nitrogens with zero attached hydrogens (tertiary/aromatic N) is 1. The highest BCUT2D eigenvalue weighted by molar-refractivity contribution is 6.04. The Hall–Kier alpha value is -3.14. The van der Waals surface area contributed by atoms with E-state index in [0.29, 0.717) is 12.2 Å². The standard InChI is InChI=1S/C22H22N2O2/c1-15-6-4-7-18(11-15)14-24-9-5-8-20(22(24)26)21(25)23-19-12-16(2)10-17(3)13-19/h4-13H,14H2,1-3H3,(H,23,25). The summed E-state index contributed by atoms with van der Waals surface area (Å²) in [4.78, 5) is 25.3. The lowest BCUT2D eigenvalue weighted by Crippen LogP contribution is -2.29. The van der Waals surface area contributed by atoms with Crippen molar-refractivity contribution in [3.8, 4) is 0 Å². The van der Waals surface area contributed by atoms with Crippen molar-refractivity contribution < 1.29 is 4.79 Å². The second kappa shape index (κ2) is 7.40. The second-order valence-electron chi connectivity index (χ2n) is 6.67. The van der Waals surface area contributed by atoms with Crippen molar-refractivity contribution in [3.05, 3.63) is 99.0 Å². The molecule has 4 heteroatoms. The van der Waals surface area contributed by atoms with Crippen LogP contribution in [0.1, 0.15) is 32.6 Å². The maximum absolute atomic E-state index is 12.7. The van der Waals surface area contributed by atoms with Crippen molar-refractivity contribution >= 4 is 11.6 Å². The molecule has 3 aromatic rings. The fraction of sp³-hybridized carbons (Fsp3) is 0.182. The highest BCUT2D eigenvalue weighted by Gasteiger charge is 2.13. The van der Waals surface area contributed by atoms with E-state index in [1.165, 1.54) is 0 Å². The Kier molecular flexibility index (Phi) is 5.03. The molecule has 0 aliphatic heterocycles. The van der Waals surface area contributed by atoms with Crippen LogP contribution in [0.3, 0.4) is 0 Å². The normalized spacial score (nSPS) is 10.6. The lowest BCUT2D eigenvalue weighted by atomic mass is 10.1. The van der Waals surface area contributed by atoms with E-state index in [4.69, 9.17) is 0 Å². The van der Waals surface area contributed by atoms with Crippen LogP contribution in [0.2, 0.25) is 0 Å². The van der Waals surface area contributed by atoms with Crippen LogP contribution >= 0.6 is 0 Å². The van der Waals surface area contributed by atoms with Crippen LogP contribution in [0.15, 0.2) is 65.6 Å². The minimum atomic E-state index is -0.390. The molecular formula is C22H22N2O2. The molecule has 0 saturated heterocycles. The first-order valence-corrected chi connectivity index (χ1v) is 8.57. The summed E-state index contributed by atoms with van der Waals surface area (Å²) in [6.45, 7) is 6.39. The molecule has 0 radical (unpaired) electrons. The zero-order valence-electron chi connectivity index (χ0n) is 15.2. The molecule has 26 heavy (non-hydrogen) atoms.